The van der Waals surface area contributed by atoms with E-state index in [0.29, 0.717) is 5.57 Å². The number of rotatable bonds is 11. The molecule has 0 spiro atoms. The molecular formula is C16H30O2. The second kappa shape index (κ2) is 11.3. The molecule has 0 aliphatic rings. The van der Waals surface area contributed by atoms with Crippen LogP contribution in [0.3, 0.4) is 0 Å². The van der Waals surface area contributed by atoms with Crippen LogP contribution >= 0.6 is 0 Å². The van der Waals surface area contributed by atoms with Crippen molar-refractivity contribution < 1.29 is 9.90 Å². The number of aliphatic carboxylic acids is 1. The van der Waals surface area contributed by atoms with Gasteiger partial charge in [-0.15, -0.1) is 0 Å². The maximum Gasteiger partial charge on any atom is 0.331 e. The van der Waals surface area contributed by atoms with E-state index in [1.54, 1.807) is 0 Å². The molecule has 0 radical (unpaired) electrons. The van der Waals surface area contributed by atoms with E-state index in [-0.39, 0.29) is 0 Å². The molecule has 0 aliphatic carbocycles. The highest BCUT2D eigenvalue weighted by atomic mass is 16.4. The highest BCUT2D eigenvalue weighted by Gasteiger charge is 2.05. The highest BCUT2D eigenvalue weighted by Crippen LogP contribution is 2.13. The summed E-state index contributed by atoms with van der Waals surface area (Å²) in [7, 11) is 0. The van der Waals surface area contributed by atoms with Crippen LogP contribution in [0.1, 0.15) is 78.6 Å². The van der Waals surface area contributed by atoms with Gasteiger partial charge in [0.15, 0.2) is 0 Å². The first-order valence-electron chi connectivity index (χ1n) is 7.50. The standard InChI is InChI=1S/C16H30O2/c1-4-5-12-15(16(17)18)13-10-8-6-7-9-11-14(2)3/h13-14H,4-12H2,1-3H3,(H,17,18). The Kier molecular flexibility index (Phi) is 10.8. The van der Waals surface area contributed by atoms with Gasteiger partial charge >= 0.3 is 5.97 Å². The van der Waals surface area contributed by atoms with Crippen molar-refractivity contribution in [1.29, 1.82) is 0 Å². The van der Waals surface area contributed by atoms with Gasteiger partial charge in [0.25, 0.3) is 0 Å². The monoisotopic (exact) mass is 254 g/mol. The Balaban J connectivity index is 3.66. The summed E-state index contributed by atoms with van der Waals surface area (Å²) in [5.41, 5.74) is 0.610. The van der Waals surface area contributed by atoms with Crippen LogP contribution in [0.15, 0.2) is 11.6 Å². The van der Waals surface area contributed by atoms with Crippen LogP contribution in [-0.2, 0) is 4.79 Å². The molecule has 106 valence electrons. The first-order chi connectivity index (χ1) is 8.57. The third-order valence-electron chi connectivity index (χ3n) is 3.20. The van der Waals surface area contributed by atoms with E-state index in [1.807, 2.05) is 6.08 Å². The minimum Gasteiger partial charge on any atom is -0.478 e. The van der Waals surface area contributed by atoms with Gasteiger partial charge in [-0.25, -0.2) is 4.79 Å². The summed E-state index contributed by atoms with van der Waals surface area (Å²) >= 11 is 0. The van der Waals surface area contributed by atoms with E-state index in [0.717, 1.165) is 38.0 Å². The predicted octanol–water partition coefficient (Wildman–Crippen LogP) is 5.18. The normalized spacial score (nSPS) is 12.1. The van der Waals surface area contributed by atoms with E-state index in [9.17, 15) is 4.79 Å². The zero-order valence-electron chi connectivity index (χ0n) is 12.4. The van der Waals surface area contributed by atoms with E-state index in [4.69, 9.17) is 5.11 Å². The topological polar surface area (TPSA) is 37.3 Å². The van der Waals surface area contributed by atoms with Crippen molar-refractivity contribution in [2.75, 3.05) is 0 Å². The lowest BCUT2D eigenvalue weighted by molar-refractivity contribution is -0.132. The largest absolute Gasteiger partial charge is 0.478 e. The van der Waals surface area contributed by atoms with Crippen molar-refractivity contribution in [2.24, 2.45) is 5.92 Å². The van der Waals surface area contributed by atoms with Gasteiger partial charge in [0.05, 0.1) is 0 Å². The summed E-state index contributed by atoms with van der Waals surface area (Å²) in [5.74, 6) is 0.0702. The molecule has 0 unspecified atom stereocenters. The summed E-state index contributed by atoms with van der Waals surface area (Å²) in [6.07, 6.45) is 11.9. The van der Waals surface area contributed by atoms with Gasteiger partial charge in [-0.05, 0) is 31.6 Å². The fraction of sp³-hybridized carbons (Fsp3) is 0.812. The van der Waals surface area contributed by atoms with Crippen LogP contribution in [0.25, 0.3) is 0 Å². The van der Waals surface area contributed by atoms with Crippen molar-refractivity contribution in [3.05, 3.63) is 11.6 Å². The molecule has 0 aliphatic heterocycles. The van der Waals surface area contributed by atoms with Gasteiger partial charge in [0.2, 0.25) is 0 Å². The summed E-state index contributed by atoms with van der Waals surface area (Å²) in [6, 6.07) is 0. The number of hydrogen-bond acceptors (Lipinski definition) is 1. The summed E-state index contributed by atoms with van der Waals surface area (Å²) in [5, 5.41) is 9.03. The molecule has 2 heteroatoms. The molecule has 18 heavy (non-hydrogen) atoms. The van der Waals surface area contributed by atoms with Crippen LogP contribution < -0.4 is 0 Å². The van der Waals surface area contributed by atoms with E-state index >= 15 is 0 Å². The van der Waals surface area contributed by atoms with E-state index in [1.165, 1.54) is 25.7 Å². The van der Waals surface area contributed by atoms with Gasteiger partial charge in [-0.2, -0.15) is 0 Å². The minimum atomic E-state index is -0.733. The SMILES string of the molecule is CCCCC(=CCCCCCCC(C)C)C(=O)O. The molecule has 0 bridgehead atoms. The zero-order valence-corrected chi connectivity index (χ0v) is 12.4. The van der Waals surface area contributed by atoms with E-state index in [2.05, 4.69) is 20.8 Å². The maximum atomic E-state index is 11.0. The Morgan fingerprint density at radius 1 is 1.11 bits per heavy atom. The van der Waals surface area contributed by atoms with Crippen molar-refractivity contribution in [2.45, 2.75) is 78.6 Å². The second-order valence-electron chi connectivity index (χ2n) is 5.52. The minimum absolute atomic E-state index is 0.610. The van der Waals surface area contributed by atoms with Gasteiger partial charge in [-0.3, -0.25) is 0 Å². The van der Waals surface area contributed by atoms with Crippen LogP contribution in [0, 0.1) is 5.92 Å². The molecule has 0 atom stereocenters. The number of carboxylic acids is 1. The molecule has 0 heterocycles. The Morgan fingerprint density at radius 2 is 1.78 bits per heavy atom. The summed E-state index contributed by atoms with van der Waals surface area (Å²) < 4.78 is 0. The lowest BCUT2D eigenvalue weighted by Gasteiger charge is -2.04. The molecule has 0 rings (SSSR count). The molecule has 0 aromatic rings. The molecule has 0 aromatic carbocycles. The van der Waals surface area contributed by atoms with Crippen LogP contribution in [0.4, 0.5) is 0 Å². The van der Waals surface area contributed by atoms with Crippen molar-refractivity contribution in [1.82, 2.24) is 0 Å². The lowest BCUT2D eigenvalue weighted by Crippen LogP contribution is -2.00. The second-order valence-corrected chi connectivity index (χ2v) is 5.52. The third kappa shape index (κ3) is 10.4. The average molecular weight is 254 g/mol. The Labute approximate surface area is 112 Å². The molecule has 1 N–H and O–H groups in total. The average Bonchev–Trinajstić information content (AvgIpc) is 2.30. The van der Waals surface area contributed by atoms with Gasteiger partial charge in [0.1, 0.15) is 0 Å². The number of hydrogen-bond donors (Lipinski definition) is 1. The number of unbranched alkanes of at least 4 members (excludes halogenated alkanes) is 5. The molecule has 0 saturated heterocycles. The zero-order chi connectivity index (χ0) is 13.8. The first-order valence-corrected chi connectivity index (χ1v) is 7.50. The quantitative estimate of drug-likeness (QED) is 0.407. The fourth-order valence-electron chi connectivity index (χ4n) is 1.99. The van der Waals surface area contributed by atoms with Gasteiger partial charge in [0, 0.05) is 5.57 Å². The smallest absolute Gasteiger partial charge is 0.331 e. The summed E-state index contributed by atoms with van der Waals surface area (Å²) in [4.78, 5) is 11.0. The first kappa shape index (κ1) is 17.2. The molecule has 0 amide bonds. The summed E-state index contributed by atoms with van der Waals surface area (Å²) in [6.45, 7) is 6.61. The number of allylic oxidation sites excluding steroid dienone is 1. The van der Waals surface area contributed by atoms with Gasteiger partial charge < -0.3 is 5.11 Å². The van der Waals surface area contributed by atoms with Gasteiger partial charge in [-0.1, -0.05) is 59.0 Å². The maximum absolute atomic E-state index is 11.0. The number of carboxylic acid groups (broad SMARTS) is 1. The molecule has 2 nitrogen and oxygen atoms in total. The van der Waals surface area contributed by atoms with Crippen molar-refractivity contribution >= 4 is 5.97 Å². The molecule has 0 saturated carbocycles. The van der Waals surface area contributed by atoms with Crippen LogP contribution in [0.5, 0.6) is 0 Å². The Morgan fingerprint density at radius 3 is 2.33 bits per heavy atom. The Bertz CT molecular complexity index is 241. The molecule has 0 fully saturated rings. The third-order valence-corrected chi connectivity index (χ3v) is 3.20. The van der Waals surface area contributed by atoms with Crippen LogP contribution in [-0.4, -0.2) is 11.1 Å². The highest BCUT2D eigenvalue weighted by molar-refractivity contribution is 5.86. The van der Waals surface area contributed by atoms with Crippen molar-refractivity contribution in [3.63, 3.8) is 0 Å². The number of carbonyl (C=O) groups is 1. The van der Waals surface area contributed by atoms with Crippen molar-refractivity contribution in [3.8, 4) is 0 Å². The van der Waals surface area contributed by atoms with Crippen LogP contribution in [0.2, 0.25) is 0 Å². The lowest BCUT2D eigenvalue weighted by atomic mass is 10.0. The fourth-order valence-corrected chi connectivity index (χ4v) is 1.99. The molecular weight excluding hydrogens is 224 g/mol. The molecule has 0 aromatic heterocycles. The Hall–Kier alpha value is -0.790. The predicted molar refractivity (Wildman–Crippen MR) is 77.8 cm³/mol. The van der Waals surface area contributed by atoms with E-state index < -0.39 is 5.97 Å².